The fraction of sp³-hybridized carbons (Fsp3) is 0.611. The van der Waals surface area contributed by atoms with Gasteiger partial charge in [0.2, 0.25) is 5.91 Å². The van der Waals surface area contributed by atoms with E-state index in [0.717, 1.165) is 25.5 Å². The molecule has 1 heterocycles. The van der Waals surface area contributed by atoms with Crippen LogP contribution in [0.5, 0.6) is 0 Å². The number of halogens is 3. The molecular formula is C18H26F3N2O+. The van der Waals surface area contributed by atoms with E-state index < -0.39 is 11.7 Å². The van der Waals surface area contributed by atoms with E-state index in [-0.39, 0.29) is 11.8 Å². The molecule has 3 nitrogen and oxygen atoms in total. The minimum Gasteiger partial charge on any atom is -0.343 e. The molecule has 24 heavy (non-hydrogen) atoms. The number of benzene rings is 1. The van der Waals surface area contributed by atoms with E-state index >= 15 is 0 Å². The van der Waals surface area contributed by atoms with Crippen LogP contribution in [0.2, 0.25) is 0 Å². The Labute approximate surface area is 141 Å². The Hall–Kier alpha value is -1.56. The van der Waals surface area contributed by atoms with Crippen molar-refractivity contribution in [1.29, 1.82) is 0 Å². The average molecular weight is 343 g/mol. The van der Waals surface area contributed by atoms with Gasteiger partial charge in [-0.3, -0.25) is 4.79 Å². The highest BCUT2D eigenvalue weighted by Gasteiger charge is 2.32. The Bertz CT molecular complexity index is 555. The number of piperidine rings is 1. The number of carbonyl (C=O) groups is 1. The molecule has 1 amide bonds. The number of rotatable bonds is 5. The molecule has 1 unspecified atom stereocenters. The van der Waals surface area contributed by atoms with Crippen molar-refractivity contribution in [2.45, 2.75) is 39.4 Å². The van der Waals surface area contributed by atoms with Crippen LogP contribution in [0.25, 0.3) is 0 Å². The number of hydrogen-bond donors (Lipinski definition) is 1. The molecule has 1 saturated heterocycles. The minimum atomic E-state index is -4.31. The molecule has 0 saturated carbocycles. The SMILES string of the molecule is CCN(CC)C(=O)[C@@H]1CCC[NH+](Cc2cccc(C(F)(F)F)c2)C1. The maximum Gasteiger partial charge on any atom is 0.416 e. The summed E-state index contributed by atoms with van der Waals surface area (Å²) >= 11 is 0. The normalized spacial score (nSPS) is 21.5. The molecule has 6 heteroatoms. The zero-order valence-corrected chi connectivity index (χ0v) is 14.3. The monoisotopic (exact) mass is 343 g/mol. The van der Waals surface area contributed by atoms with Gasteiger partial charge < -0.3 is 9.80 Å². The Balaban J connectivity index is 2.02. The molecule has 134 valence electrons. The van der Waals surface area contributed by atoms with E-state index in [2.05, 4.69) is 0 Å². The summed E-state index contributed by atoms with van der Waals surface area (Å²) in [5.74, 6) is 0.167. The quantitative estimate of drug-likeness (QED) is 0.872. The van der Waals surface area contributed by atoms with Gasteiger partial charge in [-0.1, -0.05) is 12.1 Å². The van der Waals surface area contributed by atoms with Crippen LogP contribution in [-0.2, 0) is 17.5 Å². The zero-order chi connectivity index (χ0) is 17.7. The fourth-order valence-corrected chi connectivity index (χ4v) is 3.46. The summed E-state index contributed by atoms with van der Waals surface area (Å²) in [6.45, 7) is 7.48. The smallest absolute Gasteiger partial charge is 0.343 e. The third-order valence-corrected chi connectivity index (χ3v) is 4.75. The molecule has 0 aromatic heterocycles. The predicted molar refractivity (Wildman–Crippen MR) is 86.5 cm³/mol. The lowest BCUT2D eigenvalue weighted by Gasteiger charge is -2.32. The number of carbonyl (C=O) groups excluding carboxylic acids is 1. The number of nitrogens with zero attached hydrogens (tertiary/aromatic N) is 1. The minimum absolute atomic E-state index is 0.0144. The molecule has 0 aliphatic carbocycles. The third kappa shape index (κ3) is 4.72. The summed E-state index contributed by atoms with van der Waals surface area (Å²) in [6.07, 6.45) is -2.50. The van der Waals surface area contributed by atoms with Gasteiger partial charge >= 0.3 is 6.18 Å². The second-order valence-electron chi connectivity index (χ2n) is 6.43. The fourth-order valence-electron chi connectivity index (χ4n) is 3.46. The molecule has 0 spiro atoms. The van der Waals surface area contributed by atoms with Gasteiger partial charge in [0.25, 0.3) is 0 Å². The molecule has 0 bridgehead atoms. The lowest BCUT2D eigenvalue weighted by Crippen LogP contribution is -3.12. The van der Waals surface area contributed by atoms with Gasteiger partial charge in [-0.05, 0) is 38.8 Å². The summed E-state index contributed by atoms with van der Waals surface area (Å²) < 4.78 is 38.5. The molecular weight excluding hydrogens is 317 g/mol. The number of nitrogens with one attached hydrogen (secondary N) is 1. The van der Waals surface area contributed by atoms with Crippen LogP contribution in [0.15, 0.2) is 24.3 Å². The van der Waals surface area contributed by atoms with Gasteiger partial charge in [0, 0.05) is 18.7 Å². The van der Waals surface area contributed by atoms with Crippen molar-refractivity contribution < 1.29 is 22.9 Å². The Kier molecular flexibility index (Phi) is 6.27. The molecule has 0 radical (unpaired) electrons. The van der Waals surface area contributed by atoms with E-state index in [4.69, 9.17) is 0 Å². The standard InChI is InChI=1S/C18H25F3N2O/c1-3-23(4-2)17(24)15-8-6-10-22(13-15)12-14-7-5-9-16(11-14)18(19,20)21/h5,7,9,11,15H,3-4,6,8,10,12-13H2,1-2H3/p+1/t15-/m1/s1. The average Bonchev–Trinajstić information content (AvgIpc) is 2.55. The molecule has 1 aromatic carbocycles. The summed E-state index contributed by atoms with van der Waals surface area (Å²) in [4.78, 5) is 15.5. The van der Waals surface area contributed by atoms with Crippen molar-refractivity contribution in [2.24, 2.45) is 5.92 Å². The first kappa shape index (κ1) is 18.8. The molecule has 1 aliphatic rings. The highest BCUT2D eigenvalue weighted by atomic mass is 19.4. The predicted octanol–water partition coefficient (Wildman–Crippen LogP) is 2.37. The van der Waals surface area contributed by atoms with Gasteiger partial charge in [0.05, 0.1) is 24.6 Å². The Morgan fingerprint density at radius 3 is 2.62 bits per heavy atom. The molecule has 1 aromatic rings. The second kappa shape index (κ2) is 8.01. The Morgan fingerprint density at radius 2 is 2.00 bits per heavy atom. The van der Waals surface area contributed by atoms with Crippen LogP contribution in [0.4, 0.5) is 13.2 Å². The number of alkyl halides is 3. The van der Waals surface area contributed by atoms with Gasteiger partial charge in [0.15, 0.2) is 0 Å². The summed E-state index contributed by atoms with van der Waals surface area (Å²) in [5.41, 5.74) is 0.0722. The summed E-state index contributed by atoms with van der Waals surface area (Å²) in [5, 5.41) is 0. The van der Waals surface area contributed by atoms with Crippen molar-refractivity contribution in [3.8, 4) is 0 Å². The lowest BCUT2D eigenvalue weighted by atomic mass is 9.96. The molecule has 1 aliphatic heterocycles. The summed E-state index contributed by atoms with van der Waals surface area (Å²) in [6, 6.07) is 5.52. The largest absolute Gasteiger partial charge is 0.416 e. The zero-order valence-electron chi connectivity index (χ0n) is 14.3. The maximum atomic E-state index is 12.8. The first-order valence-electron chi connectivity index (χ1n) is 8.63. The van der Waals surface area contributed by atoms with Gasteiger partial charge in [-0.2, -0.15) is 13.2 Å². The van der Waals surface area contributed by atoms with E-state index in [0.29, 0.717) is 31.7 Å². The first-order chi connectivity index (χ1) is 11.3. The van der Waals surface area contributed by atoms with E-state index in [1.54, 1.807) is 6.07 Å². The van der Waals surface area contributed by atoms with Crippen LogP contribution >= 0.6 is 0 Å². The van der Waals surface area contributed by atoms with Crippen LogP contribution < -0.4 is 4.90 Å². The molecule has 2 rings (SSSR count). The van der Waals surface area contributed by atoms with Crippen molar-refractivity contribution >= 4 is 5.91 Å². The lowest BCUT2D eigenvalue weighted by molar-refractivity contribution is -0.921. The van der Waals surface area contributed by atoms with Gasteiger partial charge in [-0.25, -0.2) is 0 Å². The first-order valence-corrected chi connectivity index (χ1v) is 8.63. The van der Waals surface area contributed by atoms with Gasteiger partial charge in [-0.15, -0.1) is 0 Å². The third-order valence-electron chi connectivity index (χ3n) is 4.75. The number of quaternary nitrogens is 1. The van der Waals surface area contributed by atoms with Crippen LogP contribution in [0.3, 0.4) is 0 Å². The van der Waals surface area contributed by atoms with Crippen molar-refractivity contribution in [3.63, 3.8) is 0 Å². The number of likely N-dealkylation sites (tertiary alicyclic amines) is 1. The summed E-state index contributed by atoms with van der Waals surface area (Å²) in [7, 11) is 0. The van der Waals surface area contributed by atoms with E-state index in [9.17, 15) is 18.0 Å². The topological polar surface area (TPSA) is 24.8 Å². The number of amides is 1. The van der Waals surface area contributed by atoms with Crippen molar-refractivity contribution in [2.75, 3.05) is 26.2 Å². The van der Waals surface area contributed by atoms with Crippen LogP contribution in [0.1, 0.15) is 37.8 Å². The highest BCUT2D eigenvalue weighted by molar-refractivity contribution is 5.78. The van der Waals surface area contributed by atoms with Gasteiger partial charge in [0.1, 0.15) is 6.54 Å². The second-order valence-corrected chi connectivity index (χ2v) is 6.43. The molecule has 1 N–H and O–H groups in total. The van der Waals surface area contributed by atoms with Crippen molar-refractivity contribution in [3.05, 3.63) is 35.4 Å². The molecule has 2 atom stereocenters. The number of hydrogen-bond acceptors (Lipinski definition) is 1. The maximum absolute atomic E-state index is 12.8. The van der Waals surface area contributed by atoms with Crippen molar-refractivity contribution in [1.82, 2.24) is 4.90 Å². The van der Waals surface area contributed by atoms with E-state index in [1.165, 1.54) is 17.0 Å². The van der Waals surface area contributed by atoms with E-state index in [1.807, 2.05) is 18.7 Å². The Morgan fingerprint density at radius 1 is 1.29 bits per heavy atom. The highest BCUT2D eigenvalue weighted by Crippen LogP contribution is 2.29. The van der Waals surface area contributed by atoms with Crippen LogP contribution in [0, 0.1) is 5.92 Å². The van der Waals surface area contributed by atoms with Crippen LogP contribution in [-0.4, -0.2) is 37.0 Å². The molecule has 1 fully saturated rings.